The second-order valence-electron chi connectivity index (χ2n) is 4.84. The van der Waals surface area contributed by atoms with E-state index in [4.69, 9.17) is 5.11 Å². The first-order valence-corrected chi connectivity index (χ1v) is 6.78. The van der Waals surface area contributed by atoms with Crippen molar-refractivity contribution in [2.24, 2.45) is 0 Å². The van der Waals surface area contributed by atoms with E-state index in [1.54, 1.807) is 0 Å². The molecule has 1 aromatic heterocycles. The number of hydrogen-bond acceptors (Lipinski definition) is 4. The van der Waals surface area contributed by atoms with Gasteiger partial charge in [0.05, 0.1) is 10.2 Å². The summed E-state index contributed by atoms with van der Waals surface area (Å²) in [5.41, 5.74) is -0.492. The lowest BCUT2D eigenvalue weighted by atomic mass is 10.1. The number of para-hydroxylation sites is 1. The van der Waals surface area contributed by atoms with Gasteiger partial charge in [-0.25, -0.2) is 14.6 Å². The maximum atomic E-state index is 12.1. The van der Waals surface area contributed by atoms with Crippen LogP contribution in [0.25, 0.3) is 10.2 Å². The lowest BCUT2D eigenvalue weighted by Gasteiger charge is -2.31. The van der Waals surface area contributed by atoms with Crippen molar-refractivity contribution in [1.82, 2.24) is 9.88 Å². The number of anilines is 1. The third-order valence-corrected chi connectivity index (χ3v) is 4.13. The van der Waals surface area contributed by atoms with E-state index in [0.717, 1.165) is 15.1 Å². The molecule has 2 aromatic rings. The Labute approximate surface area is 120 Å². The normalized spacial score (nSPS) is 11.3. The molecule has 0 spiro atoms. The van der Waals surface area contributed by atoms with Gasteiger partial charge in [0, 0.05) is 7.05 Å². The van der Waals surface area contributed by atoms with Gasteiger partial charge in [-0.15, -0.1) is 0 Å². The number of nitrogens with zero attached hydrogens (tertiary/aromatic N) is 2. The van der Waals surface area contributed by atoms with Gasteiger partial charge >= 0.3 is 12.0 Å². The summed E-state index contributed by atoms with van der Waals surface area (Å²) in [6.07, 6.45) is 0. The maximum Gasteiger partial charge on any atom is 0.329 e. The molecule has 2 rings (SSSR count). The van der Waals surface area contributed by atoms with Crippen molar-refractivity contribution < 1.29 is 14.7 Å². The summed E-state index contributed by atoms with van der Waals surface area (Å²) in [6, 6.07) is 7.02. The van der Waals surface area contributed by atoms with Crippen LogP contribution in [-0.2, 0) is 4.79 Å². The Morgan fingerprint density at radius 1 is 1.35 bits per heavy atom. The summed E-state index contributed by atoms with van der Waals surface area (Å²) in [6.45, 7) is 2.93. The monoisotopic (exact) mass is 293 g/mol. The molecule has 0 bridgehead atoms. The molecule has 2 N–H and O–H groups in total. The molecule has 0 aliphatic rings. The fourth-order valence-electron chi connectivity index (χ4n) is 1.50. The SMILES string of the molecule is CN(C(=O)Nc1nc2ccccc2s1)C(C)(C)C(=O)O. The summed E-state index contributed by atoms with van der Waals surface area (Å²) in [5, 5.41) is 12.2. The number of carboxylic acids is 1. The molecule has 0 fully saturated rings. The summed E-state index contributed by atoms with van der Waals surface area (Å²) < 4.78 is 0.961. The van der Waals surface area contributed by atoms with Crippen molar-refractivity contribution in [1.29, 1.82) is 0 Å². The molecule has 0 saturated carbocycles. The average molecular weight is 293 g/mol. The zero-order valence-electron chi connectivity index (χ0n) is 11.4. The highest BCUT2D eigenvalue weighted by Crippen LogP contribution is 2.26. The minimum absolute atomic E-state index is 0.448. The van der Waals surface area contributed by atoms with E-state index in [9.17, 15) is 9.59 Å². The van der Waals surface area contributed by atoms with Crippen LogP contribution in [0.3, 0.4) is 0 Å². The van der Waals surface area contributed by atoms with Gasteiger partial charge in [0.15, 0.2) is 5.13 Å². The number of hydrogen-bond donors (Lipinski definition) is 2. The largest absolute Gasteiger partial charge is 0.480 e. The lowest BCUT2D eigenvalue weighted by Crippen LogP contribution is -2.52. The number of nitrogens with one attached hydrogen (secondary N) is 1. The number of benzene rings is 1. The highest BCUT2D eigenvalue weighted by molar-refractivity contribution is 7.22. The Hall–Kier alpha value is -2.15. The number of aliphatic carboxylic acids is 1. The molecule has 2 amide bonds. The highest BCUT2D eigenvalue weighted by atomic mass is 32.1. The number of rotatable bonds is 3. The number of thiazole rings is 1. The van der Waals surface area contributed by atoms with Gasteiger partial charge in [-0.3, -0.25) is 5.32 Å². The summed E-state index contributed by atoms with van der Waals surface area (Å²) in [7, 11) is 1.44. The third-order valence-electron chi connectivity index (χ3n) is 3.17. The minimum Gasteiger partial charge on any atom is -0.480 e. The van der Waals surface area contributed by atoms with Crippen LogP contribution in [0.4, 0.5) is 9.93 Å². The van der Waals surface area contributed by atoms with Crippen LogP contribution < -0.4 is 5.32 Å². The molecule has 6 nitrogen and oxygen atoms in total. The van der Waals surface area contributed by atoms with E-state index in [1.807, 2.05) is 24.3 Å². The quantitative estimate of drug-likeness (QED) is 0.911. The number of fused-ring (bicyclic) bond motifs is 1. The summed E-state index contributed by atoms with van der Waals surface area (Å²) in [5.74, 6) is -1.07. The average Bonchev–Trinajstić information content (AvgIpc) is 2.79. The predicted octanol–water partition coefficient (Wildman–Crippen LogP) is 2.62. The summed E-state index contributed by atoms with van der Waals surface area (Å²) in [4.78, 5) is 28.6. The smallest absolute Gasteiger partial charge is 0.329 e. The van der Waals surface area contributed by atoms with Crippen LogP contribution >= 0.6 is 11.3 Å². The number of carbonyl (C=O) groups is 2. The van der Waals surface area contributed by atoms with E-state index in [2.05, 4.69) is 10.3 Å². The van der Waals surface area contributed by atoms with Crippen LogP contribution in [0, 0.1) is 0 Å². The van der Waals surface area contributed by atoms with Crippen LogP contribution in [0.5, 0.6) is 0 Å². The van der Waals surface area contributed by atoms with Gasteiger partial charge in [-0.1, -0.05) is 23.5 Å². The number of likely N-dealkylation sites (N-methyl/N-ethyl adjacent to an activating group) is 1. The number of carboxylic acid groups (broad SMARTS) is 1. The van der Waals surface area contributed by atoms with Crippen molar-refractivity contribution in [3.05, 3.63) is 24.3 Å². The number of amides is 2. The Morgan fingerprint density at radius 2 is 2.00 bits per heavy atom. The maximum absolute atomic E-state index is 12.1. The number of carbonyl (C=O) groups excluding carboxylic acids is 1. The molecule has 1 heterocycles. The fourth-order valence-corrected chi connectivity index (χ4v) is 2.35. The Morgan fingerprint density at radius 3 is 2.60 bits per heavy atom. The molecule has 0 saturated heterocycles. The number of urea groups is 1. The lowest BCUT2D eigenvalue weighted by molar-refractivity contribution is -0.146. The van der Waals surface area contributed by atoms with E-state index in [1.165, 1.54) is 32.2 Å². The molecule has 0 aliphatic carbocycles. The molecule has 0 aliphatic heterocycles. The highest BCUT2D eigenvalue weighted by Gasteiger charge is 2.35. The standard InChI is InChI=1S/C13H15N3O3S/c1-13(2,10(17)18)16(3)12(19)15-11-14-8-6-4-5-7-9(8)20-11/h4-7H,1-3H3,(H,17,18)(H,14,15,19). The number of aromatic nitrogens is 1. The van der Waals surface area contributed by atoms with E-state index in [0.29, 0.717) is 5.13 Å². The molecule has 0 unspecified atom stereocenters. The molecule has 20 heavy (non-hydrogen) atoms. The fraction of sp³-hybridized carbons (Fsp3) is 0.308. The van der Waals surface area contributed by atoms with Crippen molar-refractivity contribution in [2.45, 2.75) is 19.4 Å². The van der Waals surface area contributed by atoms with Gasteiger partial charge in [0.2, 0.25) is 0 Å². The van der Waals surface area contributed by atoms with E-state index in [-0.39, 0.29) is 0 Å². The van der Waals surface area contributed by atoms with E-state index < -0.39 is 17.5 Å². The Bertz CT molecular complexity index is 633. The summed E-state index contributed by atoms with van der Waals surface area (Å²) >= 11 is 1.34. The second-order valence-corrected chi connectivity index (χ2v) is 5.87. The van der Waals surface area contributed by atoms with Gasteiger partial charge in [0.25, 0.3) is 0 Å². The van der Waals surface area contributed by atoms with Crippen molar-refractivity contribution in [2.75, 3.05) is 12.4 Å². The zero-order valence-corrected chi connectivity index (χ0v) is 12.2. The second kappa shape index (κ2) is 5.09. The van der Waals surface area contributed by atoms with Gasteiger partial charge in [-0.2, -0.15) is 0 Å². The first-order valence-electron chi connectivity index (χ1n) is 5.96. The van der Waals surface area contributed by atoms with Gasteiger partial charge in [0.1, 0.15) is 5.54 Å². The molecule has 1 aromatic carbocycles. The molecule has 106 valence electrons. The first-order chi connectivity index (χ1) is 9.32. The third kappa shape index (κ3) is 2.57. The van der Waals surface area contributed by atoms with Crippen LogP contribution in [0.2, 0.25) is 0 Å². The molecular formula is C13H15N3O3S. The van der Waals surface area contributed by atoms with Gasteiger partial charge < -0.3 is 10.0 Å². The Kier molecular flexibility index (Phi) is 3.63. The van der Waals surface area contributed by atoms with Crippen LogP contribution in [-0.4, -0.2) is 39.6 Å². The topological polar surface area (TPSA) is 82.5 Å². The molecule has 0 atom stereocenters. The van der Waals surface area contributed by atoms with Crippen molar-refractivity contribution in [3.63, 3.8) is 0 Å². The molecule has 7 heteroatoms. The van der Waals surface area contributed by atoms with Crippen molar-refractivity contribution >= 4 is 38.7 Å². The van der Waals surface area contributed by atoms with Gasteiger partial charge in [-0.05, 0) is 26.0 Å². The zero-order chi connectivity index (χ0) is 14.9. The molecular weight excluding hydrogens is 278 g/mol. The molecule has 0 radical (unpaired) electrons. The van der Waals surface area contributed by atoms with Crippen LogP contribution in [0.15, 0.2) is 24.3 Å². The minimum atomic E-state index is -1.29. The van der Waals surface area contributed by atoms with Crippen LogP contribution in [0.1, 0.15) is 13.8 Å². The first kappa shape index (κ1) is 14.3. The predicted molar refractivity (Wildman–Crippen MR) is 78.1 cm³/mol. The Balaban J connectivity index is 2.17. The van der Waals surface area contributed by atoms with E-state index >= 15 is 0 Å². The van der Waals surface area contributed by atoms with Crippen molar-refractivity contribution in [3.8, 4) is 0 Å².